The molecule has 1 N–H and O–H groups in total. The molecule has 1 aliphatic heterocycles. The molecule has 0 spiro atoms. The van der Waals surface area contributed by atoms with Crippen LogP contribution in [0, 0.1) is 0 Å². The standard InChI is InChI=1S/C21H19ClN4O6S/c1-29-15-4-3-5-16(30-2)20(15)33(27,28)25-21-18-17(32-24-21)8-12(14-6-7-31-19(14)18)10-26-11-13(22)9-23-26/h3-5,8-9,11H,6-7,10H2,1-2H3,(H,24,25). The lowest BCUT2D eigenvalue weighted by Crippen LogP contribution is -2.15. The summed E-state index contributed by atoms with van der Waals surface area (Å²) in [6.07, 6.45) is 3.94. The van der Waals surface area contributed by atoms with Crippen molar-refractivity contribution in [2.45, 2.75) is 17.9 Å². The molecule has 3 heterocycles. The third-order valence-electron chi connectivity index (χ3n) is 5.33. The second kappa shape index (κ2) is 8.16. The molecular weight excluding hydrogens is 472 g/mol. The number of nitrogens with one attached hydrogen (secondary N) is 1. The highest BCUT2D eigenvalue weighted by molar-refractivity contribution is 7.93. The molecule has 0 fully saturated rings. The summed E-state index contributed by atoms with van der Waals surface area (Å²) >= 11 is 5.98. The van der Waals surface area contributed by atoms with Gasteiger partial charge in [0.1, 0.15) is 22.6 Å². The smallest absolute Gasteiger partial charge is 0.270 e. The van der Waals surface area contributed by atoms with Gasteiger partial charge in [-0.3, -0.25) is 9.40 Å². The largest absolute Gasteiger partial charge is 0.495 e. The molecule has 12 heteroatoms. The summed E-state index contributed by atoms with van der Waals surface area (Å²) in [4.78, 5) is -0.143. The fourth-order valence-corrected chi connectivity index (χ4v) is 5.41. The zero-order valence-corrected chi connectivity index (χ0v) is 19.2. The van der Waals surface area contributed by atoms with Gasteiger partial charge in [-0.05, 0) is 23.8 Å². The van der Waals surface area contributed by atoms with E-state index in [1.54, 1.807) is 23.1 Å². The van der Waals surface area contributed by atoms with Gasteiger partial charge in [-0.15, -0.1) is 0 Å². The molecule has 0 atom stereocenters. The van der Waals surface area contributed by atoms with E-state index in [1.165, 1.54) is 26.4 Å². The summed E-state index contributed by atoms with van der Waals surface area (Å²) in [6, 6.07) is 6.52. The van der Waals surface area contributed by atoms with Crippen LogP contribution in [-0.2, 0) is 23.0 Å². The van der Waals surface area contributed by atoms with Gasteiger partial charge in [-0.2, -0.15) is 5.10 Å². The van der Waals surface area contributed by atoms with Crippen LogP contribution in [0.5, 0.6) is 17.2 Å². The number of hydrogen-bond acceptors (Lipinski definition) is 8. The number of halogens is 1. The predicted octanol–water partition coefficient (Wildman–Crippen LogP) is 3.48. The van der Waals surface area contributed by atoms with Crippen molar-refractivity contribution in [1.29, 1.82) is 0 Å². The Kier molecular flexibility index (Phi) is 5.29. The first-order chi connectivity index (χ1) is 15.9. The normalized spacial score (nSPS) is 13.1. The first kappa shape index (κ1) is 21.4. The van der Waals surface area contributed by atoms with Gasteiger partial charge >= 0.3 is 0 Å². The van der Waals surface area contributed by atoms with Gasteiger partial charge in [-0.1, -0.05) is 22.8 Å². The van der Waals surface area contributed by atoms with Crippen molar-refractivity contribution in [2.75, 3.05) is 25.5 Å². The molecule has 0 saturated carbocycles. The maximum Gasteiger partial charge on any atom is 0.270 e. The van der Waals surface area contributed by atoms with E-state index in [1.807, 2.05) is 6.07 Å². The van der Waals surface area contributed by atoms with Gasteiger partial charge in [0.2, 0.25) is 0 Å². The van der Waals surface area contributed by atoms with E-state index in [-0.39, 0.29) is 22.2 Å². The SMILES string of the molecule is COc1cccc(OC)c1S(=O)(=O)Nc1noc2cc(Cn3cc(Cl)cn3)c3c(c12)OCC3. The highest BCUT2D eigenvalue weighted by Crippen LogP contribution is 2.42. The average molecular weight is 491 g/mol. The van der Waals surface area contributed by atoms with Crippen molar-refractivity contribution in [3.05, 3.63) is 52.8 Å². The zero-order valence-electron chi connectivity index (χ0n) is 17.7. The van der Waals surface area contributed by atoms with Crippen LogP contribution in [0.25, 0.3) is 11.0 Å². The average Bonchev–Trinajstić information content (AvgIpc) is 3.53. The Morgan fingerprint density at radius 2 is 2.00 bits per heavy atom. The van der Waals surface area contributed by atoms with Crippen molar-refractivity contribution >= 4 is 38.4 Å². The van der Waals surface area contributed by atoms with E-state index in [9.17, 15) is 8.42 Å². The highest BCUT2D eigenvalue weighted by atomic mass is 35.5. The lowest BCUT2D eigenvalue weighted by molar-refractivity contribution is 0.360. The van der Waals surface area contributed by atoms with Gasteiger partial charge in [0.15, 0.2) is 16.3 Å². The molecule has 4 aromatic rings. The Bertz CT molecular complexity index is 1440. The number of ether oxygens (including phenoxy) is 3. The highest BCUT2D eigenvalue weighted by Gasteiger charge is 2.30. The van der Waals surface area contributed by atoms with E-state index in [2.05, 4.69) is 15.0 Å². The molecule has 0 saturated heterocycles. The predicted molar refractivity (Wildman–Crippen MR) is 120 cm³/mol. The minimum Gasteiger partial charge on any atom is -0.495 e. The van der Waals surface area contributed by atoms with Crippen LogP contribution in [0.2, 0.25) is 5.02 Å². The maximum atomic E-state index is 13.3. The molecule has 10 nitrogen and oxygen atoms in total. The molecule has 0 bridgehead atoms. The Morgan fingerprint density at radius 1 is 1.24 bits per heavy atom. The lowest BCUT2D eigenvalue weighted by atomic mass is 10.0. The molecule has 172 valence electrons. The third kappa shape index (κ3) is 3.72. The van der Waals surface area contributed by atoms with Crippen LogP contribution >= 0.6 is 11.6 Å². The summed E-state index contributed by atoms with van der Waals surface area (Å²) in [5.74, 6) is 0.823. The van der Waals surface area contributed by atoms with Crippen molar-refractivity contribution in [1.82, 2.24) is 14.9 Å². The lowest BCUT2D eigenvalue weighted by Gasteiger charge is -2.14. The molecule has 0 radical (unpaired) electrons. The molecule has 2 aromatic heterocycles. The molecular formula is C21H19ClN4O6S. The molecule has 1 aliphatic rings. The number of methoxy groups -OCH3 is 2. The third-order valence-corrected chi connectivity index (χ3v) is 6.92. The minimum atomic E-state index is -4.14. The maximum absolute atomic E-state index is 13.3. The number of hydrogen-bond donors (Lipinski definition) is 1. The molecule has 0 aliphatic carbocycles. The number of sulfonamides is 1. The molecule has 0 unspecified atom stereocenters. The van der Waals surface area contributed by atoms with Crippen LogP contribution in [0.3, 0.4) is 0 Å². The number of benzene rings is 2. The topological polar surface area (TPSA) is 118 Å². The quantitative estimate of drug-likeness (QED) is 0.418. The Morgan fingerprint density at radius 3 is 2.67 bits per heavy atom. The molecule has 5 rings (SSSR count). The van der Waals surface area contributed by atoms with Crippen molar-refractivity contribution in [2.24, 2.45) is 0 Å². The monoisotopic (exact) mass is 490 g/mol. The van der Waals surface area contributed by atoms with Crippen LogP contribution in [0.1, 0.15) is 11.1 Å². The number of fused-ring (bicyclic) bond motifs is 3. The number of anilines is 1. The van der Waals surface area contributed by atoms with Crippen molar-refractivity contribution in [3.8, 4) is 17.2 Å². The number of nitrogens with zero attached hydrogens (tertiary/aromatic N) is 3. The summed E-state index contributed by atoms with van der Waals surface area (Å²) < 4.78 is 52.6. The minimum absolute atomic E-state index is 0.0183. The summed E-state index contributed by atoms with van der Waals surface area (Å²) in [6.45, 7) is 0.910. The number of aromatic nitrogens is 3. The van der Waals surface area contributed by atoms with Crippen LogP contribution in [-0.4, -0.2) is 44.2 Å². The van der Waals surface area contributed by atoms with Gasteiger partial charge in [-0.25, -0.2) is 8.42 Å². The van der Waals surface area contributed by atoms with E-state index < -0.39 is 10.0 Å². The second-order valence-corrected chi connectivity index (χ2v) is 9.36. The fraction of sp³-hybridized carbons (Fsp3) is 0.238. The zero-order chi connectivity index (χ0) is 23.2. The van der Waals surface area contributed by atoms with Gasteiger partial charge < -0.3 is 18.7 Å². The van der Waals surface area contributed by atoms with Crippen LogP contribution < -0.4 is 18.9 Å². The van der Waals surface area contributed by atoms with E-state index in [0.717, 1.165) is 11.1 Å². The van der Waals surface area contributed by atoms with E-state index in [4.69, 9.17) is 30.3 Å². The van der Waals surface area contributed by atoms with E-state index >= 15 is 0 Å². The van der Waals surface area contributed by atoms with Gasteiger partial charge in [0.25, 0.3) is 10.0 Å². The fourth-order valence-electron chi connectivity index (χ4n) is 3.92. The number of rotatable bonds is 7. The second-order valence-electron chi connectivity index (χ2n) is 7.30. The molecule has 33 heavy (non-hydrogen) atoms. The van der Waals surface area contributed by atoms with Gasteiger partial charge in [0.05, 0.1) is 38.6 Å². The first-order valence-corrected chi connectivity index (χ1v) is 11.8. The Labute approximate surface area is 194 Å². The summed E-state index contributed by atoms with van der Waals surface area (Å²) in [5.41, 5.74) is 2.24. The van der Waals surface area contributed by atoms with Crippen LogP contribution in [0.15, 0.2) is 46.1 Å². The first-order valence-electron chi connectivity index (χ1n) is 9.90. The Balaban J connectivity index is 1.58. The van der Waals surface area contributed by atoms with E-state index in [0.29, 0.717) is 41.3 Å². The van der Waals surface area contributed by atoms with Crippen molar-refractivity contribution in [3.63, 3.8) is 0 Å². The summed E-state index contributed by atoms with van der Waals surface area (Å²) in [5, 5.41) is 9.18. The Hall–Kier alpha value is -3.44. The summed E-state index contributed by atoms with van der Waals surface area (Å²) in [7, 11) is -1.37. The van der Waals surface area contributed by atoms with Gasteiger partial charge in [0, 0.05) is 18.2 Å². The molecule has 0 amide bonds. The molecule has 2 aromatic carbocycles. The van der Waals surface area contributed by atoms with Crippen LogP contribution in [0.4, 0.5) is 5.82 Å². The van der Waals surface area contributed by atoms with Crippen molar-refractivity contribution < 1.29 is 27.2 Å².